The summed E-state index contributed by atoms with van der Waals surface area (Å²) >= 11 is 6.22. The molecule has 0 amide bonds. The number of alkyl halides is 1. The van der Waals surface area contributed by atoms with Gasteiger partial charge in [-0.25, -0.2) is 0 Å². The van der Waals surface area contributed by atoms with E-state index in [0.29, 0.717) is 25.7 Å². The molecular formula is C13H24ClO6P. The highest BCUT2D eigenvalue weighted by molar-refractivity contribution is 7.54. The van der Waals surface area contributed by atoms with Gasteiger partial charge in [0.05, 0.1) is 13.2 Å². The molecule has 124 valence electrons. The van der Waals surface area contributed by atoms with Crippen molar-refractivity contribution in [1.29, 1.82) is 0 Å². The summed E-state index contributed by atoms with van der Waals surface area (Å²) in [5.74, 6) is -0.864. The van der Waals surface area contributed by atoms with Crippen molar-refractivity contribution in [2.75, 3.05) is 20.3 Å². The highest BCUT2D eigenvalue weighted by atomic mass is 35.5. The zero-order valence-corrected chi connectivity index (χ0v) is 14.3. The van der Waals surface area contributed by atoms with E-state index < -0.39 is 13.4 Å². The lowest BCUT2D eigenvalue weighted by Gasteiger charge is -2.37. The number of rotatable bonds is 9. The van der Waals surface area contributed by atoms with Gasteiger partial charge in [-0.1, -0.05) is 0 Å². The second-order valence-corrected chi connectivity index (χ2v) is 7.64. The molecule has 1 aliphatic rings. The van der Waals surface area contributed by atoms with Crippen molar-refractivity contribution in [2.24, 2.45) is 5.92 Å². The molecule has 1 fully saturated rings. The van der Waals surface area contributed by atoms with E-state index in [1.54, 1.807) is 13.8 Å². The number of halogens is 1. The summed E-state index contributed by atoms with van der Waals surface area (Å²) in [6, 6.07) is 0. The molecule has 1 rings (SSSR count). The maximum atomic E-state index is 12.9. The highest BCUT2D eigenvalue weighted by Gasteiger charge is 2.45. The monoisotopic (exact) mass is 342 g/mol. The van der Waals surface area contributed by atoms with Crippen molar-refractivity contribution in [3.8, 4) is 0 Å². The van der Waals surface area contributed by atoms with Crippen LogP contribution < -0.4 is 0 Å². The van der Waals surface area contributed by atoms with Crippen molar-refractivity contribution in [2.45, 2.75) is 50.4 Å². The molecule has 8 heteroatoms. The SMILES string of the molecule is CCOP(=O)(OCC)C(OC)C1CC(Cl)CC(OC=O)C1. The van der Waals surface area contributed by atoms with E-state index in [9.17, 15) is 9.36 Å². The van der Waals surface area contributed by atoms with Gasteiger partial charge in [0.2, 0.25) is 0 Å². The molecule has 0 heterocycles. The predicted molar refractivity (Wildman–Crippen MR) is 79.6 cm³/mol. The van der Waals surface area contributed by atoms with Crippen LogP contribution in [0, 0.1) is 5.92 Å². The van der Waals surface area contributed by atoms with E-state index >= 15 is 0 Å². The van der Waals surface area contributed by atoms with Gasteiger partial charge in [-0.05, 0) is 26.7 Å². The molecule has 0 aromatic carbocycles. The second-order valence-electron chi connectivity index (χ2n) is 4.92. The second kappa shape index (κ2) is 9.11. The Balaban J connectivity index is 2.89. The van der Waals surface area contributed by atoms with Crippen LogP contribution in [0.25, 0.3) is 0 Å². The summed E-state index contributed by atoms with van der Waals surface area (Å²) < 4.78 is 34.1. The predicted octanol–water partition coefficient (Wildman–Crippen LogP) is 3.17. The van der Waals surface area contributed by atoms with Crippen LogP contribution in [-0.2, 0) is 27.9 Å². The number of carbonyl (C=O) groups excluding carboxylic acids is 1. The molecule has 0 radical (unpaired) electrons. The number of carbonyl (C=O) groups is 1. The van der Waals surface area contributed by atoms with Crippen LogP contribution in [0.2, 0.25) is 0 Å². The summed E-state index contributed by atoms with van der Waals surface area (Å²) in [5, 5.41) is -0.164. The summed E-state index contributed by atoms with van der Waals surface area (Å²) in [6.45, 7) is 4.46. The van der Waals surface area contributed by atoms with E-state index in [1.807, 2.05) is 0 Å². The van der Waals surface area contributed by atoms with E-state index in [-0.39, 0.29) is 30.6 Å². The first-order valence-electron chi connectivity index (χ1n) is 7.15. The van der Waals surface area contributed by atoms with E-state index in [0.717, 1.165) is 0 Å². The Bertz CT molecular complexity index is 357. The topological polar surface area (TPSA) is 71.1 Å². The van der Waals surface area contributed by atoms with Crippen molar-refractivity contribution in [3.63, 3.8) is 0 Å². The molecule has 6 nitrogen and oxygen atoms in total. The van der Waals surface area contributed by atoms with Gasteiger partial charge >= 0.3 is 7.60 Å². The highest BCUT2D eigenvalue weighted by Crippen LogP contribution is 2.58. The first-order chi connectivity index (χ1) is 10.0. The minimum atomic E-state index is -3.39. The lowest BCUT2D eigenvalue weighted by molar-refractivity contribution is -0.136. The van der Waals surface area contributed by atoms with Crippen molar-refractivity contribution in [1.82, 2.24) is 0 Å². The molecule has 4 atom stereocenters. The first kappa shape index (κ1) is 18.9. The van der Waals surface area contributed by atoms with Crippen LogP contribution in [0.4, 0.5) is 0 Å². The molecule has 0 aliphatic heterocycles. The smallest absolute Gasteiger partial charge is 0.359 e. The number of hydrogen-bond donors (Lipinski definition) is 0. The van der Waals surface area contributed by atoms with Gasteiger partial charge in [-0.15, -0.1) is 11.6 Å². The third-order valence-corrected chi connectivity index (χ3v) is 6.31. The summed E-state index contributed by atoms with van der Waals surface area (Å²) in [6.07, 6.45) is 1.44. The minimum Gasteiger partial charge on any atom is -0.465 e. The van der Waals surface area contributed by atoms with Crippen LogP contribution in [0.5, 0.6) is 0 Å². The van der Waals surface area contributed by atoms with Crippen molar-refractivity contribution in [3.05, 3.63) is 0 Å². The van der Waals surface area contributed by atoms with Gasteiger partial charge in [0, 0.05) is 24.8 Å². The zero-order valence-electron chi connectivity index (χ0n) is 12.7. The maximum Gasteiger partial charge on any atom is 0.359 e. The molecule has 21 heavy (non-hydrogen) atoms. The lowest BCUT2D eigenvalue weighted by Crippen LogP contribution is -2.36. The van der Waals surface area contributed by atoms with Crippen LogP contribution in [0.1, 0.15) is 33.1 Å². The van der Waals surface area contributed by atoms with Gasteiger partial charge in [0.25, 0.3) is 6.47 Å². The Morgan fingerprint density at radius 3 is 2.33 bits per heavy atom. The molecule has 0 spiro atoms. The zero-order chi connectivity index (χ0) is 15.9. The Morgan fingerprint density at radius 1 is 1.24 bits per heavy atom. The third kappa shape index (κ3) is 5.22. The Labute approximate surface area is 130 Å². The summed E-state index contributed by atoms with van der Waals surface area (Å²) in [4.78, 5) is 10.5. The van der Waals surface area contributed by atoms with Crippen LogP contribution in [0.15, 0.2) is 0 Å². The van der Waals surface area contributed by atoms with E-state index in [4.69, 9.17) is 30.1 Å². The van der Waals surface area contributed by atoms with Gasteiger partial charge in [-0.3, -0.25) is 9.36 Å². The molecule has 1 saturated carbocycles. The van der Waals surface area contributed by atoms with Crippen molar-refractivity contribution < 1.29 is 27.9 Å². The normalized spacial score (nSPS) is 28.1. The quantitative estimate of drug-likeness (QED) is 0.364. The maximum absolute atomic E-state index is 12.9. The molecule has 0 N–H and O–H groups in total. The number of hydrogen-bond acceptors (Lipinski definition) is 6. The standard InChI is InChI=1S/C13H24ClO6P/c1-4-19-21(16,20-5-2)13(17-3)10-6-11(14)8-12(7-10)18-9-15/h9-13H,4-8H2,1-3H3. The molecule has 0 saturated heterocycles. The largest absolute Gasteiger partial charge is 0.465 e. The molecule has 0 aromatic heterocycles. The molecule has 4 unspecified atom stereocenters. The average Bonchev–Trinajstić information content (AvgIpc) is 2.39. The van der Waals surface area contributed by atoms with Gasteiger partial charge in [0.1, 0.15) is 6.10 Å². The van der Waals surface area contributed by atoms with E-state index in [1.165, 1.54) is 7.11 Å². The molecule has 0 aromatic rings. The third-order valence-electron chi connectivity index (χ3n) is 3.47. The van der Waals surface area contributed by atoms with Crippen LogP contribution in [0.3, 0.4) is 0 Å². The average molecular weight is 343 g/mol. The lowest BCUT2D eigenvalue weighted by atomic mass is 9.87. The summed E-state index contributed by atoms with van der Waals surface area (Å²) in [5.41, 5.74) is 0. The van der Waals surface area contributed by atoms with Crippen LogP contribution in [-0.4, -0.2) is 44.1 Å². The number of methoxy groups -OCH3 is 1. The Hall–Kier alpha value is -0.130. The fourth-order valence-corrected chi connectivity index (χ4v) is 5.32. The molecule has 0 bridgehead atoms. The Kier molecular flexibility index (Phi) is 8.21. The minimum absolute atomic E-state index is 0.153. The van der Waals surface area contributed by atoms with Gasteiger partial charge in [0.15, 0.2) is 5.85 Å². The molecule has 1 aliphatic carbocycles. The fourth-order valence-electron chi connectivity index (χ4n) is 2.79. The van der Waals surface area contributed by atoms with Gasteiger partial charge in [-0.2, -0.15) is 0 Å². The number of ether oxygens (including phenoxy) is 2. The van der Waals surface area contributed by atoms with Gasteiger partial charge < -0.3 is 18.5 Å². The first-order valence-corrected chi connectivity index (χ1v) is 9.20. The Morgan fingerprint density at radius 2 is 1.86 bits per heavy atom. The summed E-state index contributed by atoms with van der Waals surface area (Å²) in [7, 11) is -1.92. The van der Waals surface area contributed by atoms with Crippen LogP contribution >= 0.6 is 19.2 Å². The fraction of sp³-hybridized carbons (Fsp3) is 0.923. The van der Waals surface area contributed by atoms with E-state index in [2.05, 4.69) is 0 Å². The molecular weight excluding hydrogens is 319 g/mol. The van der Waals surface area contributed by atoms with Crippen molar-refractivity contribution >= 4 is 25.7 Å².